The number of rotatable bonds is 16. The Bertz CT molecular complexity index is 5660. The second kappa shape index (κ2) is 35.8. The van der Waals surface area contributed by atoms with E-state index in [0.29, 0.717) is 59.5 Å². The highest BCUT2D eigenvalue weighted by Crippen LogP contribution is 2.45. The number of nitrogens with two attached hydrogens (primary N) is 2. The van der Waals surface area contributed by atoms with E-state index in [1.807, 2.05) is 69.6 Å². The second-order valence-corrected chi connectivity index (χ2v) is 43.7. The number of H-pyrrole nitrogens is 1. The molecule has 4 saturated heterocycles. The lowest BCUT2D eigenvalue weighted by atomic mass is 9.79. The number of hydrogen-bond donors (Lipinski definition) is 7. The summed E-state index contributed by atoms with van der Waals surface area (Å²) in [6, 6.07) is 20.4. The SMILES string of the molecule is CN(c1nnc(-c2cc(-c3ccnc(N)n3)ccc2Cl)s1)C1CC(C)(C)NC(C)(C)C1.CN(c1nnc(-c2ccc(-c3ccnc(N)n3)cc2Cl)s1)C1CC(C)(C)NC(C)(C)C1.CN(c1nnc(-c2ncc(-c3cn[nH]c3)cc2F)s1)C1CC(C)(C)NC(C)(C)C1.Cc1nc(C)c(-c2cc(F)c(-c3nnc(N(C)C4CC(C)(C)NC(C)(C)C4)s3)cc2F)s1. The van der Waals surface area contributed by atoms with Crippen molar-refractivity contribution in [1.82, 2.24) is 102 Å². The van der Waals surface area contributed by atoms with Gasteiger partial charge in [-0.1, -0.05) is 80.7 Å². The first-order chi connectivity index (χ1) is 57.5. The molecule has 36 heteroatoms. The van der Waals surface area contributed by atoms with Crippen LogP contribution in [-0.4, -0.2) is 178 Å². The number of pyridine rings is 1. The number of nitrogen functional groups attached to an aromatic ring is 2. The fourth-order valence-corrected chi connectivity index (χ4v) is 23.4. The Labute approximate surface area is 748 Å². The molecule has 13 heterocycles. The Morgan fingerprint density at radius 3 is 1.15 bits per heavy atom. The smallest absolute Gasteiger partial charge is 0.220 e. The summed E-state index contributed by atoms with van der Waals surface area (Å²) in [5.74, 6) is -0.944. The average molecular weight is 1810 g/mol. The van der Waals surface area contributed by atoms with Crippen LogP contribution in [0.2, 0.25) is 10.0 Å². The lowest BCUT2D eigenvalue weighted by molar-refractivity contribution is 0.160. The van der Waals surface area contributed by atoms with Gasteiger partial charge >= 0.3 is 0 Å². The van der Waals surface area contributed by atoms with Gasteiger partial charge in [0.25, 0.3) is 0 Å². The molecule has 0 unspecified atom stereocenters. The molecule has 0 amide bonds. The molecule has 9 aromatic heterocycles. The van der Waals surface area contributed by atoms with E-state index in [-0.39, 0.29) is 79.1 Å². The van der Waals surface area contributed by atoms with Crippen molar-refractivity contribution in [3.63, 3.8) is 0 Å². The van der Waals surface area contributed by atoms with Crippen LogP contribution in [0.1, 0.15) is 173 Å². The molecule has 123 heavy (non-hydrogen) atoms. The average Bonchev–Trinajstić information content (AvgIpc) is 1.75. The van der Waals surface area contributed by atoms with Gasteiger partial charge in [0.2, 0.25) is 32.4 Å². The largest absolute Gasteiger partial charge is 0.368 e. The first kappa shape index (κ1) is 91.7. The minimum absolute atomic E-state index is 0.00754. The quantitative estimate of drug-likeness (QED) is 0.0472. The number of nitrogens with one attached hydrogen (secondary N) is 5. The van der Waals surface area contributed by atoms with Crippen molar-refractivity contribution in [3.05, 3.63) is 136 Å². The highest BCUT2D eigenvalue weighted by Gasteiger charge is 2.44. The Morgan fingerprint density at radius 2 is 0.764 bits per heavy atom. The zero-order valence-electron chi connectivity index (χ0n) is 73.8. The van der Waals surface area contributed by atoms with E-state index in [9.17, 15) is 8.78 Å². The van der Waals surface area contributed by atoms with Crippen molar-refractivity contribution in [1.29, 1.82) is 0 Å². The van der Waals surface area contributed by atoms with Crippen LogP contribution in [0.25, 0.3) is 86.5 Å². The van der Waals surface area contributed by atoms with Crippen LogP contribution in [0.3, 0.4) is 0 Å². The van der Waals surface area contributed by atoms with E-state index in [2.05, 4.69) is 247 Å². The maximum atomic E-state index is 15.0. The molecule has 0 aliphatic carbocycles. The zero-order chi connectivity index (χ0) is 89.0. The number of halogens is 5. The third kappa shape index (κ3) is 22.5. The standard InChI is InChI=1S/C23H29F2N5S2.2C22H28ClN7S.C20H26FN7S/c1-12-19(31-13(2)26-12)15-8-18(25)16(9-17(15)24)20-27-28-21(32-20)30(7)14-10-22(3,4)29-23(5,6)11-14;1-21(2)11-14(12-22(3,4)29-21)30(5)20-28-27-18(31-20)15-10-13(6-7-16(15)23)17-8-9-25-19(24)26-17;1-21(2)11-14(12-22(3,4)29-21)30(5)20-28-27-18(31-20)15-7-6-13(10-16(15)23)17-8-9-25-19(24)26-17;1-19(2)7-14(8-20(3,4)27-19)28(5)18-26-25-17(29-18)16-15(21)6-12(9-22-16)13-10-23-24-11-13/h8-9,14,29H,10-11H2,1-7H3;2*6-10,14,29H,11-12H2,1-5H3,(H2,24,25,26);6,9-11,14,27H,7-8H2,1-5H3,(H,23,24). The fourth-order valence-electron chi connectivity index (χ4n) is 18.2. The number of aromatic amines is 1. The number of hydrogen-bond acceptors (Lipinski definition) is 30. The first-order valence-electron chi connectivity index (χ1n) is 40.8. The zero-order valence-corrected chi connectivity index (χ0v) is 79.4. The Morgan fingerprint density at radius 1 is 0.382 bits per heavy atom. The van der Waals surface area contributed by atoms with E-state index >= 15 is 4.39 Å². The molecule has 0 radical (unpaired) electrons. The Balaban J connectivity index is 0.000000141. The number of benzene rings is 3. The molecule has 4 aliphatic rings. The lowest BCUT2D eigenvalue weighted by Gasteiger charge is -2.48. The number of aryl methyl sites for hydroxylation is 2. The highest BCUT2D eigenvalue weighted by atomic mass is 35.5. The third-order valence-electron chi connectivity index (χ3n) is 22.4. The van der Waals surface area contributed by atoms with Crippen molar-refractivity contribution in [3.8, 4) is 86.5 Å². The van der Waals surface area contributed by atoms with Crippen LogP contribution in [0.4, 0.5) is 45.6 Å². The third-order valence-corrected chi connectivity index (χ3v) is 28.3. The van der Waals surface area contributed by atoms with Gasteiger partial charge in [0, 0.05) is 160 Å². The summed E-state index contributed by atoms with van der Waals surface area (Å²) in [5.41, 5.74) is 19.4. The van der Waals surface area contributed by atoms with Crippen LogP contribution in [0.5, 0.6) is 0 Å². The molecule has 0 bridgehead atoms. The van der Waals surface area contributed by atoms with E-state index in [4.69, 9.17) is 34.7 Å². The predicted molar refractivity (Wildman–Crippen MR) is 499 cm³/mol. The molecule has 3 aromatic carbocycles. The number of aromatic nitrogens is 16. The van der Waals surface area contributed by atoms with Gasteiger partial charge < -0.3 is 52.3 Å². The van der Waals surface area contributed by atoms with Gasteiger partial charge in [0.15, 0.2) is 25.8 Å². The van der Waals surface area contributed by atoms with Gasteiger partial charge in [-0.2, -0.15) is 5.10 Å². The summed E-state index contributed by atoms with van der Waals surface area (Å²) in [7, 11) is 8.25. The number of nitrogens with zero attached hydrogens (tertiary/aromatic N) is 19. The molecule has 9 N–H and O–H groups in total. The predicted octanol–water partition coefficient (Wildman–Crippen LogP) is 19.1. The summed E-state index contributed by atoms with van der Waals surface area (Å²) in [5, 5.41) is 64.1. The maximum absolute atomic E-state index is 15.0. The molecular formula is C87H111Cl2F3N26S5. The van der Waals surface area contributed by atoms with Gasteiger partial charge in [0.05, 0.1) is 48.8 Å². The van der Waals surface area contributed by atoms with Crippen LogP contribution in [-0.2, 0) is 0 Å². The van der Waals surface area contributed by atoms with Gasteiger partial charge in [0.1, 0.15) is 17.3 Å². The Hall–Kier alpha value is -8.94. The molecule has 4 fully saturated rings. The summed E-state index contributed by atoms with van der Waals surface area (Å²) in [6.45, 7) is 39.4. The van der Waals surface area contributed by atoms with Gasteiger partial charge in [-0.05, 0) is 231 Å². The minimum Gasteiger partial charge on any atom is -0.368 e. The molecule has 4 aliphatic heterocycles. The van der Waals surface area contributed by atoms with E-state index in [0.717, 1.165) is 121 Å². The summed E-state index contributed by atoms with van der Waals surface area (Å²) >= 11 is 20.3. The summed E-state index contributed by atoms with van der Waals surface area (Å²) in [4.78, 5) is 34.6. The van der Waals surface area contributed by atoms with Crippen molar-refractivity contribution in [2.24, 2.45) is 0 Å². The van der Waals surface area contributed by atoms with E-state index in [1.54, 1.807) is 60.6 Å². The van der Waals surface area contributed by atoms with E-state index < -0.39 is 17.5 Å². The van der Waals surface area contributed by atoms with Crippen LogP contribution < -0.4 is 52.3 Å². The molecule has 654 valence electrons. The van der Waals surface area contributed by atoms with Crippen LogP contribution in [0.15, 0.2) is 97.7 Å². The van der Waals surface area contributed by atoms with Gasteiger partial charge in [-0.3, -0.25) is 5.10 Å². The van der Waals surface area contributed by atoms with Gasteiger partial charge in [-0.15, -0.1) is 52.1 Å². The first-order valence-corrected chi connectivity index (χ1v) is 45.7. The Kier molecular flexibility index (Phi) is 26.7. The molecule has 26 nitrogen and oxygen atoms in total. The molecule has 12 aromatic rings. The van der Waals surface area contributed by atoms with Crippen LogP contribution in [0, 0.1) is 31.3 Å². The number of thiazole rings is 1. The normalized spacial score (nSPS) is 18.3. The fraction of sp³-hybridized carbons (Fsp3) is 0.483. The molecular weight excluding hydrogens is 1700 g/mol. The van der Waals surface area contributed by atoms with Crippen molar-refractivity contribution in [2.75, 3.05) is 59.3 Å². The van der Waals surface area contributed by atoms with Crippen molar-refractivity contribution < 1.29 is 13.2 Å². The summed E-state index contributed by atoms with van der Waals surface area (Å²) < 4.78 is 44.7. The monoisotopic (exact) mass is 1810 g/mol. The van der Waals surface area contributed by atoms with Crippen molar-refractivity contribution in [2.45, 2.75) is 244 Å². The lowest BCUT2D eigenvalue weighted by Crippen LogP contribution is -2.61. The number of anilines is 6. The molecule has 0 spiro atoms. The topological polar surface area (TPSA) is 322 Å². The van der Waals surface area contributed by atoms with Crippen molar-refractivity contribution >= 4 is 112 Å². The second-order valence-electron chi connectivity index (χ2n) is 37.8. The highest BCUT2D eigenvalue weighted by molar-refractivity contribution is 7.19. The van der Waals surface area contributed by atoms with E-state index in [1.165, 1.54) is 52.2 Å². The minimum atomic E-state index is -0.513. The van der Waals surface area contributed by atoms with Crippen LogP contribution >= 0.6 is 79.9 Å². The summed E-state index contributed by atoms with van der Waals surface area (Å²) in [6.07, 6.45) is 16.3. The molecule has 0 atom stereocenters. The maximum Gasteiger partial charge on any atom is 0.220 e. The molecule has 16 rings (SSSR count). The number of piperidine rings is 4. The van der Waals surface area contributed by atoms with Gasteiger partial charge in [-0.25, -0.2) is 43.1 Å². The molecule has 0 saturated carbocycles.